The van der Waals surface area contributed by atoms with E-state index in [9.17, 15) is 4.79 Å². The maximum Gasteiger partial charge on any atom is 0.246 e. The minimum absolute atomic E-state index is 0.0288. The Balaban J connectivity index is 1.53. The largest absolute Gasteiger partial charge is 0.351 e. The van der Waals surface area contributed by atoms with Crippen LogP contribution in [0.5, 0.6) is 0 Å². The summed E-state index contributed by atoms with van der Waals surface area (Å²) in [6.45, 7) is 1.72. The van der Waals surface area contributed by atoms with Crippen LogP contribution < -0.4 is 10.2 Å². The third-order valence-electron chi connectivity index (χ3n) is 5.57. The highest BCUT2D eigenvalue weighted by molar-refractivity contribution is 5.95. The summed E-state index contributed by atoms with van der Waals surface area (Å²) in [5.41, 5.74) is 1.79. The van der Waals surface area contributed by atoms with Crippen LogP contribution in [0.2, 0.25) is 0 Å². The standard InChI is InChI=1S/C24H27N5O/c1-28(18-21-14-9-17-29(21)22-15-8-16-25-27-22)23(19-10-4-2-5-11-19)24(30)26-20-12-6-3-7-13-20/h2-8,10-13,15-16,21,23H,9,14,17-18H2,1H3,(H,26,30). The van der Waals surface area contributed by atoms with Gasteiger partial charge in [0.25, 0.3) is 0 Å². The van der Waals surface area contributed by atoms with Gasteiger partial charge in [-0.15, -0.1) is 5.10 Å². The molecule has 1 amide bonds. The molecule has 1 aliphatic rings. The number of carbonyl (C=O) groups excluding carboxylic acids is 1. The number of benzene rings is 2. The predicted octanol–water partition coefficient (Wildman–Crippen LogP) is 3.76. The molecule has 0 saturated carbocycles. The monoisotopic (exact) mass is 401 g/mol. The summed E-state index contributed by atoms with van der Waals surface area (Å²) < 4.78 is 0. The van der Waals surface area contributed by atoms with Gasteiger partial charge in [-0.2, -0.15) is 5.10 Å². The van der Waals surface area contributed by atoms with Gasteiger partial charge < -0.3 is 10.2 Å². The van der Waals surface area contributed by atoms with Gasteiger partial charge >= 0.3 is 0 Å². The fourth-order valence-electron chi connectivity index (χ4n) is 4.19. The Bertz CT molecular complexity index is 936. The molecule has 0 spiro atoms. The number of hydrogen-bond acceptors (Lipinski definition) is 5. The van der Waals surface area contributed by atoms with Crippen LogP contribution in [0.15, 0.2) is 79.0 Å². The summed E-state index contributed by atoms with van der Waals surface area (Å²) in [6.07, 6.45) is 3.88. The number of hydrogen-bond donors (Lipinski definition) is 1. The first-order chi connectivity index (χ1) is 14.7. The minimum atomic E-state index is -0.379. The number of likely N-dealkylation sites (N-methyl/N-ethyl adjacent to an activating group) is 1. The molecule has 1 aromatic heterocycles. The van der Waals surface area contributed by atoms with Gasteiger partial charge in [0.05, 0.1) is 0 Å². The first-order valence-corrected chi connectivity index (χ1v) is 10.4. The maximum absolute atomic E-state index is 13.3. The molecule has 2 unspecified atom stereocenters. The van der Waals surface area contributed by atoms with Crippen molar-refractivity contribution < 1.29 is 4.79 Å². The molecule has 6 nitrogen and oxygen atoms in total. The fourth-order valence-corrected chi connectivity index (χ4v) is 4.19. The smallest absolute Gasteiger partial charge is 0.246 e. The second kappa shape index (κ2) is 9.50. The van der Waals surface area contributed by atoms with Crippen LogP contribution >= 0.6 is 0 Å². The van der Waals surface area contributed by atoms with E-state index in [2.05, 4.69) is 25.3 Å². The first kappa shape index (κ1) is 20.0. The van der Waals surface area contributed by atoms with E-state index in [0.717, 1.165) is 43.0 Å². The van der Waals surface area contributed by atoms with Crippen molar-refractivity contribution in [2.75, 3.05) is 30.4 Å². The zero-order valence-electron chi connectivity index (χ0n) is 17.2. The molecule has 1 N–H and O–H groups in total. The minimum Gasteiger partial charge on any atom is -0.351 e. The van der Waals surface area contributed by atoms with Crippen LogP contribution in [0.25, 0.3) is 0 Å². The van der Waals surface area contributed by atoms with Crippen molar-refractivity contribution in [3.8, 4) is 0 Å². The molecule has 4 rings (SSSR count). The lowest BCUT2D eigenvalue weighted by molar-refractivity contribution is -0.121. The molecule has 1 fully saturated rings. The van der Waals surface area contributed by atoms with Crippen molar-refractivity contribution in [2.45, 2.75) is 24.9 Å². The molecule has 2 heterocycles. The number of rotatable bonds is 7. The third kappa shape index (κ3) is 4.66. The number of para-hydroxylation sites is 1. The molecule has 2 atom stereocenters. The van der Waals surface area contributed by atoms with E-state index in [1.807, 2.05) is 79.8 Å². The van der Waals surface area contributed by atoms with E-state index in [1.54, 1.807) is 6.20 Å². The second-order valence-electron chi connectivity index (χ2n) is 7.68. The second-order valence-corrected chi connectivity index (χ2v) is 7.68. The van der Waals surface area contributed by atoms with Crippen LogP contribution in [-0.2, 0) is 4.79 Å². The normalized spacial score (nSPS) is 17.1. The van der Waals surface area contributed by atoms with Crippen LogP contribution in [0, 0.1) is 0 Å². The van der Waals surface area contributed by atoms with Crippen molar-refractivity contribution >= 4 is 17.4 Å². The summed E-state index contributed by atoms with van der Waals surface area (Å²) in [6, 6.07) is 23.4. The van der Waals surface area contributed by atoms with Crippen molar-refractivity contribution in [1.82, 2.24) is 15.1 Å². The Hall–Kier alpha value is -3.25. The van der Waals surface area contributed by atoms with Crippen LogP contribution in [0.3, 0.4) is 0 Å². The lowest BCUT2D eigenvalue weighted by Crippen LogP contribution is -2.43. The van der Waals surface area contributed by atoms with E-state index in [4.69, 9.17) is 0 Å². The summed E-state index contributed by atoms with van der Waals surface area (Å²) in [4.78, 5) is 17.7. The molecule has 0 aliphatic carbocycles. The maximum atomic E-state index is 13.3. The topological polar surface area (TPSA) is 61.4 Å². The first-order valence-electron chi connectivity index (χ1n) is 10.4. The van der Waals surface area contributed by atoms with Crippen molar-refractivity contribution in [3.05, 3.63) is 84.6 Å². The number of amides is 1. The van der Waals surface area contributed by atoms with Crippen LogP contribution in [0.1, 0.15) is 24.4 Å². The van der Waals surface area contributed by atoms with Crippen LogP contribution in [-0.4, -0.2) is 47.2 Å². The summed E-state index contributed by atoms with van der Waals surface area (Å²) in [5, 5.41) is 11.4. The highest BCUT2D eigenvalue weighted by Gasteiger charge is 2.32. The highest BCUT2D eigenvalue weighted by atomic mass is 16.2. The van der Waals surface area contributed by atoms with Crippen LogP contribution in [0.4, 0.5) is 11.5 Å². The van der Waals surface area contributed by atoms with Crippen molar-refractivity contribution in [3.63, 3.8) is 0 Å². The Morgan fingerprint density at radius 3 is 2.53 bits per heavy atom. The molecule has 2 aromatic carbocycles. The Morgan fingerprint density at radius 1 is 1.10 bits per heavy atom. The van der Waals surface area contributed by atoms with Crippen molar-refractivity contribution in [1.29, 1.82) is 0 Å². The fraction of sp³-hybridized carbons (Fsp3) is 0.292. The molecular formula is C24H27N5O. The number of carbonyl (C=O) groups is 1. The van der Waals surface area contributed by atoms with Gasteiger partial charge in [-0.3, -0.25) is 9.69 Å². The Morgan fingerprint density at radius 2 is 1.83 bits per heavy atom. The summed E-state index contributed by atoms with van der Waals surface area (Å²) in [7, 11) is 2.02. The molecule has 154 valence electrons. The van der Waals surface area contributed by atoms with E-state index in [0.29, 0.717) is 6.04 Å². The Kier molecular flexibility index (Phi) is 6.35. The van der Waals surface area contributed by atoms with Crippen molar-refractivity contribution in [2.24, 2.45) is 0 Å². The summed E-state index contributed by atoms with van der Waals surface area (Å²) in [5.74, 6) is 0.873. The molecule has 3 aromatic rings. The zero-order chi connectivity index (χ0) is 20.8. The van der Waals surface area contributed by atoms with Gasteiger partial charge in [-0.25, -0.2) is 0 Å². The molecular weight excluding hydrogens is 374 g/mol. The SMILES string of the molecule is CN(CC1CCCN1c1cccnn1)C(C(=O)Nc1ccccc1)c1ccccc1. The molecule has 1 saturated heterocycles. The highest BCUT2D eigenvalue weighted by Crippen LogP contribution is 2.27. The van der Waals surface area contributed by atoms with Gasteiger partial charge in [0, 0.05) is 31.0 Å². The molecule has 6 heteroatoms. The molecule has 30 heavy (non-hydrogen) atoms. The van der Waals surface area contributed by atoms with E-state index < -0.39 is 0 Å². The van der Waals surface area contributed by atoms with Gasteiger partial charge in [-0.05, 0) is 49.7 Å². The number of anilines is 2. The lowest BCUT2D eigenvalue weighted by atomic mass is 10.0. The van der Waals surface area contributed by atoms with Gasteiger partial charge in [0.15, 0.2) is 5.82 Å². The lowest BCUT2D eigenvalue weighted by Gasteiger charge is -2.33. The summed E-state index contributed by atoms with van der Waals surface area (Å²) >= 11 is 0. The van der Waals surface area contributed by atoms with E-state index in [-0.39, 0.29) is 11.9 Å². The molecule has 0 radical (unpaired) electrons. The average molecular weight is 402 g/mol. The zero-order valence-corrected chi connectivity index (χ0v) is 17.2. The van der Waals surface area contributed by atoms with Gasteiger partial charge in [-0.1, -0.05) is 48.5 Å². The molecule has 0 bridgehead atoms. The quantitative estimate of drug-likeness (QED) is 0.653. The molecule has 1 aliphatic heterocycles. The predicted molar refractivity (Wildman–Crippen MR) is 119 cm³/mol. The Labute approximate surface area is 177 Å². The van der Waals surface area contributed by atoms with Gasteiger partial charge in [0.2, 0.25) is 5.91 Å². The van der Waals surface area contributed by atoms with E-state index in [1.165, 1.54) is 0 Å². The number of nitrogens with zero attached hydrogens (tertiary/aromatic N) is 4. The number of aromatic nitrogens is 2. The van der Waals surface area contributed by atoms with E-state index >= 15 is 0 Å². The van der Waals surface area contributed by atoms with Gasteiger partial charge in [0.1, 0.15) is 6.04 Å². The number of nitrogens with one attached hydrogen (secondary N) is 1. The average Bonchev–Trinajstić information content (AvgIpc) is 3.24. The third-order valence-corrected chi connectivity index (χ3v) is 5.57.